The van der Waals surface area contributed by atoms with Gasteiger partial charge in [0.05, 0.1) is 49.4 Å². The van der Waals surface area contributed by atoms with Crippen LogP contribution in [0.25, 0.3) is 5.69 Å². The van der Waals surface area contributed by atoms with E-state index < -0.39 is 17.8 Å². The van der Waals surface area contributed by atoms with Crippen LogP contribution in [0.2, 0.25) is 5.02 Å². The number of hydrogen-bond acceptors (Lipinski definition) is 5. The van der Waals surface area contributed by atoms with E-state index in [2.05, 4.69) is 15.4 Å². The minimum Gasteiger partial charge on any atom is -0.394 e. The second-order valence-corrected chi connectivity index (χ2v) is 7.65. The molecule has 3 aromatic rings. The summed E-state index contributed by atoms with van der Waals surface area (Å²) in [6.45, 7) is 1.85. The summed E-state index contributed by atoms with van der Waals surface area (Å²) in [7, 11) is 0. The Balaban J connectivity index is 1.72. The molecule has 1 unspecified atom stereocenters. The van der Waals surface area contributed by atoms with Gasteiger partial charge in [-0.3, -0.25) is 9.78 Å². The number of carbonyl (C=O) groups is 1. The molecule has 33 heavy (non-hydrogen) atoms. The van der Waals surface area contributed by atoms with Gasteiger partial charge in [0.1, 0.15) is 0 Å². The lowest BCUT2D eigenvalue weighted by Crippen LogP contribution is -2.28. The van der Waals surface area contributed by atoms with E-state index in [9.17, 15) is 18.0 Å². The molecule has 1 amide bonds. The van der Waals surface area contributed by atoms with Crippen molar-refractivity contribution in [2.24, 2.45) is 0 Å². The van der Waals surface area contributed by atoms with E-state index >= 15 is 0 Å². The summed E-state index contributed by atoms with van der Waals surface area (Å²) in [5.41, 5.74) is 0.712. The first-order valence-corrected chi connectivity index (χ1v) is 10.4. The predicted molar refractivity (Wildman–Crippen MR) is 115 cm³/mol. The minimum atomic E-state index is -4.63. The molecular weight excluding hydrogens is 461 g/mol. The molecule has 0 radical (unpaired) electrons. The van der Waals surface area contributed by atoms with Crippen LogP contribution in [0.1, 0.15) is 35.5 Å². The highest BCUT2D eigenvalue weighted by atomic mass is 35.5. The highest BCUT2D eigenvalue weighted by molar-refractivity contribution is 6.30. The van der Waals surface area contributed by atoms with E-state index in [1.165, 1.54) is 6.07 Å². The van der Waals surface area contributed by atoms with Gasteiger partial charge < -0.3 is 15.2 Å². The van der Waals surface area contributed by atoms with Crippen molar-refractivity contribution >= 4 is 17.5 Å². The first kappa shape index (κ1) is 24.7. The van der Waals surface area contributed by atoms with Gasteiger partial charge in [-0.15, -0.1) is 0 Å². The Kier molecular flexibility index (Phi) is 8.06. The molecule has 176 valence electrons. The smallest absolute Gasteiger partial charge is 0.394 e. The molecule has 1 aromatic carbocycles. The molecule has 0 bridgehead atoms. The monoisotopic (exact) mass is 482 g/mol. The molecule has 1 atom stereocenters. The molecule has 3 rings (SSSR count). The number of carbonyl (C=O) groups excluding carboxylic acids is 1. The lowest BCUT2D eigenvalue weighted by atomic mass is 10.0. The van der Waals surface area contributed by atoms with E-state index in [0.29, 0.717) is 22.0 Å². The molecule has 0 saturated carbocycles. The number of pyridine rings is 1. The molecule has 2 aromatic heterocycles. The number of amides is 1. The lowest BCUT2D eigenvalue weighted by Gasteiger charge is -2.14. The van der Waals surface area contributed by atoms with Gasteiger partial charge in [-0.05, 0) is 42.8 Å². The minimum absolute atomic E-state index is 0.0873. The normalized spacial score (nSPS) is 12.5. The fourth-order valence-corrected chi connectivity index (χ4v) is 3.20. The molecule has 0 aliphatic heterocycles. The van der Waals surface area contributed by atoms with Crippen LogP contribution in [-0.4, -0.2) is 39.0 Å². The Labute approximate surface area is 193 Å². The molecule has 7 nitrogen and oxygen atoms in total. The third kappa shape index (κ3) is 6.53. The Morgan fingerprint density at radius 2 is 2.06 bits per heavy atom. The quantitative estimate of drug-likeness (QED) is 0.452. The molecule has 0 fully saturated rings. The largest absolute Gasteiger partial charge is 0.435 e. The van der Waals surface area contributed by atoms with Crippen molar-refractivity contribution in [2.45, 2.75) is 32.2 Å². The Bertz CT molecular complexity index is 1090. The zero-order chi connectivity index (χ0) is 24.0. The average molecular weight is 483 g/mol. The molecule has 0 spiro atoms. The van der Waals surface area contributed by atoms with E-state index in [4.69, 9.17) is 21.4 Å². The predicted octanol–water partition coefficient (Wildman–Crippen LogP) is 3.87. The van der Waals surface area contributed by atoms with Crippen molar-refractivity contribution in [1.82, 2.24) is 20.1 Å². The van der Waals surface area contributed by atoms with Crippen LogP contribution in [0.3, 0.4) is 0 Å². The zero-order valence-electron chi connectivity index (χ0n) is 17.6. The van der Waals surface area contributed by atoms with E-state index in [1.807, 2.05) is 0 Å². The number of halogens is 4. The van der Waals surface area contributed by atoms with Crippen molar-refractivity contribution in [3.05, 3.63) is 76.3 Å². The fourth-order valence-electron chi connectivity index (χ4n) is 3.02. The van der Waals surface area contributed by atoms with Gasteiger partial charge >= 0.3 is 6.18 Å². The molecule has 2 N–H and O–H groups in total. The first-order chi connectivity index (χ1) is 15.7. The number of nitrogens with zero attached hydrogens (tertiary/aromatic N) is 3. The van der Waals surface area contributed by atoms with E-state index in [-0.39, 0.29) is 38.0 Å². The summed E-state index contributed by atoms with van der Waals surface area (Å²) in [5.74, 6) is -0.969. The number of aromatic nitrogens is 3. The van der Waals surface area contributed by atoms with Crippen LogP contribution in [0.5, 0.6) is 0 Å². The van der Waals surface area contributed by atoms with Crippen molar-refractivity contribution in [3.63, 3.8) is 0 Å². The number of nitrogens with one attached hydrogen (secondary N) is 1. The zero-order valence-corrected chi connectivity index (χ0v) is 18.4. The van der Waals surface area contributed by atoms with Crippen LogP contribution in [0.15, 0.2) is 48.7 Å². The number of ether oxygens (including phenoxy) is 1. The first-order valence-electron chi connectivity index (χ1n) is 10.0. The maximum Gasteiger partial charge on any atom is 0.435 e. The number of aliphatic hydroxyl groups excluding tert-OH is 1. The van der Waals surface area contributed by atoms with Crippen LogP contribution in [0.4, 0.5) is 13.2 Å². The van der Waals surface area contributed by atoms with Gasteiger partial charge in [-0.1, -0.05) is 23.7 Å². The molecule has 0 aliphatic carbocycles. The van der Waals surface area contributed by atoms with Gasteiger partial charge in [-0.2, -0.15) is 18.3 Å². The SMILES string of the molecule is CC(C(=O)NCc1cc(C(F)(F)F)nn1-c1cccc(Cl)c1)c1ccc(COCCO)nc1. The molecule has 11 heteroatoms. The molecule has 2 heterocycles. The van der Waals surface area contributed by atoms with Crippen molar-refractivity contribution in [3.8, 4) is 5.69 Å². The van der Waals surface area contributed by atoms with Crippen LogP contribution >= 0.6 is 11.6 Å². The summed E-state index contributed by atoms with van der Waals surface area (Å²) >= 11 is 5.97. The molecule has 0 aliphatic rings. The average Bonchev–Trinajstić information content (AvgIpc) is 3.22. The summed E-state index contributed by atoms with van der Waals surface area (Å²) in [4.78, 5) is 16.9. The number of hydrogen-bond donors (Lipinski definition) is 2. The number of rotatable bonds is 9. The van der Waals surface area contributed by atoms with Crippen molar-refractivity contribution in [2.75, 3.05) is 13.2 Å². The second-order valence-electron chi connectivity index (χ2n) is 7.21. The summed E-state index contributed by atoms with van der Waals surface area (Å²) < 4.78 is 46.0. The van der Waals surface area contributed by atoms with Gasteiger partial charge in [0.25, 0.3) is 0 Å². The van der Waals surface area contributed by atoms with E-state index in [0.717, 1.165) is 10.7 Å². The Morgan fingerprint density at radius 1 is 1.27 bits per heavy atom. The topological polar surface area (TPSA) is 89.3 Å². The van der Waals surface area contributed by atoms with Crippen LogP contribution < -0.4 is 5.32 Å². The Hall–Kier alpha value is -2.95. The standard InChI is InChI=1S/C22H22ClF3N4O3/c1-14(15-5-6-17(27-11-15)13-33-8-7-31)21(32)28-12-19-10-20(22(24,25)26)29-30(19)18-4-2-3-16(23)9-18/h2-6,9-11,14,31H,7-8,12-13H2,1H3,(H,28,32). The van der Waals surface area contributed by atoms with Gasteiger partial charge in [0, 0.05) is 11.2 Å². The summed E-state index contributed by atoms with van der Waals surface area (Å²) in [6.07, 6.45) is -3.09. The third-order valence-corrected chi connectivity index (χ3v) is 5.03. The summed E-state index contributed by atoms with van der Waals surface area (Å²) in [6, 6.07) is 10.6. The number of aliphatic hydroxyl groups is 1. The van der Waals surface area contributed by atoms with Gasteiger partial charge in [0.2, 0.25) is 5.91 Å². The third-order valence-electron chi connectivity index (χ3n) is 4.80. The Morgan fingerprint density at radius 3 is 2.70 bits per heavy atom. The van der Waals surface area contributed by atoms with Crippen molar-refractivity contribution in [1.29, 1.82) is 0 Å². The summed E-state index contributed by atoms with van der Waals surface area (Å²) in [5, 5.41) is 15.4. The highest BCUT2D eigenvalue weighted by Crippen LogP contribution is 2.30. The second kappa shape index (κ2) is 10.8. The molecule has 0 saturated heterocycles. The lowest BCUT2D eigenvalue weighted by molar-refractivity contribution is -0.141. The number of alkyl halides is 3. The van der Waals surface area contributed by atoms with E-state index in [1.54, 1.807) is 43.5 Å². The van der Waals surface area contributed by atoms with Crippen molar-refractivity contribution < 1.29 is 27.8 Å². The maximum absolute atomic E-state index is 13.2. The molecular formula is C22H22ClF3N4O3. The highest BCUT2D eigenvalue weighted by Gasteiger charge is 2.35. The van der Waals surface area contributed by atoms with Crippen LogP contribution in [-0.2, 0) is 28.9 Å². The van der Waals surface area contributed by atoms with Gasteiger partial charge in [-0.25, -0.2) is 4.68 Å². The van der Waals surface area contributed by atoms with Crippen LogP contribution in [0, 0.1) is 0 Å². The van der Waals surface area contributed by atoms with Gasteiger partial charge in [0.15, 0.2) is 5.69 Å². The maximum atomic E-state index is 13.2. The number of benzene rings is 1. The fraction of sp³-hybridized carbons (Fsp3) is 0.318.